The van der Waals surface area contributed by atoms with Gasteiger partial charge in [-0.25, -0.2) is 0 Å². The van der Waals surface area contributed by atoms with Gasteiger partial charge in [0.15, 0.2) is 0 Å². The molecule has 3 rings (SSSR count). The van der Waals surface area contributed by atoms with Gasteiger partial charge in [0, 0.05) is 43.8 Å². The number of benzene rings is 1. The summed E-state index contributed by atoms with van der Waals surface area (Å²) in [6, 6.07) is 12.9. The van der Waals surface area contributed by atoms with E-state index in [9.17, 15) is 0 Å². The summed E-state index contributed by atoms with van der Waals surface area (Å²) in [6.45, 7) is 5.04. The highest BCUT2D eigenvalue weighted by Crippen LogP contribution is 2.21. The van der Waals surface area contributed by atoms with Gasteiger partial charge >= 0.3 is 0 Å². The molecule has 0 unspecified atom stereocenters. The standard InChI is InChI=1S/C20H27ClN2O2S/c1-23(17-7-10-24-11-8-17)9-12-25-18-4-2-3-16(13-18)14-22-15-19-5-6-20(21)26-19/h2-6,13,17,22H,7-12,14-15H2,1H3. The topological polar surface area (TPSA) is 33.7 Å². The Labute approximate surface area is 165 Å². The van der Waals surface area contributed by atoms with E-state index in [1.807, 2.05) is 12.1 Å². The summed E-state index contributed by atoms with van der Waals surface area (Å²) in [4.78, 5) is 3.64. The number of hydrogen-bond donors (Lipinski definition) is 1. The molecule has 1 saturated heterocycles. The van der Waals surface area contributed by atoms with Crippen molar-refractivity contribution in [3.8, 4) is 5.75 Å². The number of halogens is 1. The van der Waals surface area contributed by atoms with Crippen LogP contribution in [0.1, 0.15) is 23.3 Å². The third-order valence-electron chi connectivity index (χ3n) is 4.68. The van der Waals surface area contributed by atoms with Gasteiger partial charge < -0.3 is 14.8 Å². The fourth-order valence-electron chi connectivity index (χ4n) is 3.14. The van der Waals surface area contributed by atoms with E-state index in [0.717, 1.165) is 55.8 Å². The van der Waals surface area contributed by atoms with Crippen LogP contribution >= 0.6 is 22.9 Å². The van der Waals surface area contributed by atoms with E-state index in [1.165, 1.54) is 10.4 Å². The number of thiophene rings is 1. The van der Waals surface area contributed by atoms with Crippen LogP contribution in [0.25, 0.3) is 0 Å². The molecule has 0 bridgehead atoms. The van der Waals surface area contributed by atoms with E-state index in [-0.39, 0.29) is 0 Å². The van der Waals surface area contributed by atoms with E-state index in [4.69, 9.17) is 21.1 Å². The minimum Gasteiger partial charge on any atom is -0.492 e. The zero-order chi connectivity index (χ0) is 18.2. The Morgan fingerprint density at radius 3 is 2.85 bits per heavy atom. The van der Waals surface area contributed by atoms with E-state index in [2.05, 4.69) is 41.5 Å². The van der Waals surface area contributed by atoms with Crippen molar-refractivity contribution in [1.82, 2.24) is 10.2 Å². The summed E-state index contributed by atoms with van der Waals surface area (Å²) in [5.74, 6) is 0.934. The smallest absolute Gasteiger partial charge is 0.119 e. The average molecular weight is 395 g/mol. The minimum absolute atomic E-state index is 0.619. The van der Waals surface area contributed by atoms with Crippen molar-refractivity contribution in [1.29, 1.82) is 0 Å². The molecular weight excluding hydrogens is 368 g/mol. The number of nitrogens with zero attached hydrogens (tertiary/aromatic N) is 1. The molecule has 0 radical (unpaired) electrons. The molecule has 1 aliphatic heterocycles. The summed E-state index contributed by atoms with van der Waals surface area (Å²) in [7, 11) is 2.18. The number of rotatable bonds is 9. The highest BCUT2D eigenvalue weighted by atomic mass is 35.5. The molecule has 2 aromatic rings. The lowest BCUT2D eigenvalue weighted by molar-refractivity contribution is 0.0392. The summed E-state index contributed by atoms with van der Waals surface area (Å²) < 4.78 is 12.2. The predicted octanol–water partition coefficient (Wildman–Crippen LogP) is 4.18. The first kappa shape index (κ1) is 19.6. The summed E-state index contributed by atoms with van der Waals surface area (Å²) >= 11 is 7.58. The maximum atomic E-state index is 5.96. The number of likely N-dealkylation sites (N-methyl/N-ethyl adjacent to an activating group) is 1. The number of hydrogen-bond acceptors (Lipinski definition) is 5. The first-order chi connectivity index (χ1) is 12.7. The Morgan fingerprint density at radius 2 is 2.08 bits per heavy atom. The van der Waals surface area contributed by atoms with E-state index in [1.54, 1.807) is 11.3 Å². The zero-order valence-corrected chi connectivity index (χ0v) is 16.8. The van der Waals surface area contributed by atoms with Crippen molar-refractivity contribution in [3.05, 3.63) is 51.2 Å². The Balaban J connectivity index is 1.39. The van der Waals surface area contributed by atoms with Crippen molar-refractivity contribution in [2.45, 2.75) is 32.0 Å². The molecule has 0 spiro atoms. The Bertz CT molecular complexity index is 673. The van der Waals surface area contributed by atoms with Gasteiger partial charge in [0.1, 0.15) is 12.4 Å². The predicted molar refractivity (Wildman–Crippen MR) is 108 cm³/mol. The van der Waals surface area contributed by atoms with Gasteiger partial charge in [-0.2, -0.15) is 0 Å². The van der Waals surface area contributed by atoms with Crippen LogP contribution in [0.15, 0.2) is 36.4 Å². The third kappa shape index (κ3) is 6.25. The SMILES string of the molecule is CN(CCOc1cccc(CNCc2ccc(Cl)s2)c1)C1CCOCC1. The lowest BCUT2D eigenvalue weighted by Gasteiger charge is -2.31. The number of nitrogens with one attached hydrogen (secondary N) is 1. The molecule has 0 aliphatic carbocycles. The Hall–Kier alpha value is -1.11. The quantitative estimate of drug-likeness (QED) is 0.691. The van der Waals surface area contributed by atoms with Crippen molar-refractivity contribution in [2.24, 2.45) is 0 Å². The van der Waals surface area contributed by atoms with Gasteiger partial charge in [-0.05, 0) is 49.7 Å². The first-order valence-corrected chi connectivity index (χ1v) is 10.3. The van der Waals surface area contributed by atoms with Crippen molar-refractivity contribution < 1.29 is 9.47 Å². The molecule has 0 amide bonds. The lowest BCUT2D eigenvalue weighted by atomic mass is 10.1. The van der Waals surface area contributed by atoms with Crippen LogP contribution < -0.4 is 10.1 Å². The van der Waals surface area contributed by atoms with Gasteiger partial charge in [-0.15, -0.1) is 11.3 Å². The maximum Gasteiger partial charge on any atom is 0.119 e. The Morgan fingerprint density at radius 1 is 1.23 bits per heavy atom. The van der Waals surface area contributed by atoms with Crippen molar-refractivity contribution in [2.75, 3.05) is 33.4 Å². The third-order valence-corrected chi connectivity index (χ3v) is 5.91. The molecule has 0 saturated carbocycles. The number of ether oxygens (including phenoxy) is 2. The van der Waals surface area contributed by atoms with Gasteiger partial charge in [-0.3, -0.25) is 4.90 Å². The average Bonchev–Trinajstić information content (AvgIpc) is 3.08. The van der Waals surface area contributed by atoms with Gasteiger partial charge in [0.05, 0.1) is 4.34 Å². The first-order valence-electron chi connectivity index (χ1n) is 9.15. The van der Waals surface area contributed by atoms with Crippen LogP contribution in [0.2, 0.25) is 4.34 Å². The molecule has 2 heterocycles. The monoisotopic (exact) mass is 394 g/mol. The Kier molecular flexibility index (Phi) is 7.77. The van der Waals surface area contributed by atoms with Crippen LogP contribution in [-0.2, 0) is 17.8 Å². The van der Waals surface area contributed by atoms with Crippen molar-refractivity contribution >= 4 is 22.9 Å². The van der Waals surface area contributed by atoms with Crippen LogP contribution in [0, 0.1) is 0 Å². The van der Waals surface area contributed by atoms with Crippen molar-refractivity contribution in [3.63, 3.8) is 0 Å². The minimum atomic E-state index is 0.619. The molecule has 1 fully saturated rings. The highest BCUT2D eigenvalue weighted by Gasteiger charge is 2.17. The molecule has 1 N–H and O–H groups in total. The highest BCUT2D eigenvalue weighted by molar-refractivity contribution is 7.16. The van der Waals surface area contributed by atoms with E-state index < -0.39 is 0 Å². The molecule has 26 heavy (non-hydrogen) atoms. The zero-order valence-electron chi connectivity index (χ0n) is 15.2. The van der Waals surface area contributed by atoms with Crippen LogP contribution in [0.3, 0.4) is 0 Å². The van der Waals surface area contributed by atoms with Crippen LogP contribution in [-0.4, -0.2) is 44.4 Å². The van der Waals surface area contributed by atoms with Gasteiger partial charge in [0.25, 0.3) is 0 Å². The summed E-state index contributed by atoms with van der Waals surface area (Å²) in [5, 5.41) is 3.45. The fraction of sp³-hybridized carbons (Fsp3) is 0.500. The normalized spacial score (nSPS) is 15.5. The lowest BCUT2D eigenvalue weighted by Crippen LogP contribution is -2.38. The second-order valence-electron chi connectivity index (χ2n) is 6.63. The van der Waals surface area contributed by atoms with E-state index >= 15 is 0 Å². The maximum absolute atomic E-state index is 5.96. The fourth-order valence-corrected chi connectivity index (χ4v) is 4.20. The van der Waals surface area contributed by atoms with Crippen LogP contribution in [0.5, 0.6) is 5.75 Å². The molecule has 0 atom stereocenters. The second-order valence-corrected chi connectivity index (χ2v) is 8.43. The molecule has 6 heteroatoms. The molecule has 4 nitrogen and oxygen atoms in total. The van der Waals surface area contributed by atoms with Gasteiger partial charge in [0.2, 0.25) is 0 Å². The second kappa shape index (κ2) is 10.3. The van der Waals surface area contributed by atoms with Gasteiger partial charge in [-0.1, -0.05) is 23.7 Å². The molecule has 1 aliphatic rings. The molecule has 142 valence electrons. The summed E-state index contributed by atoms with van der Waals surface area (Å²) in [6.07, 6.45) is 2.24. The van der Waals surface area contributed by atoms with E-state index in [0.29, 0.717) is 12.6 Å². The summed E-state index contributed by atoms with van der Waals surface area (Å²) in [5.41, 5.74) is 1.22. The van der Waals surface area contributed by atoms with Crippen LogP contribution in [0.4, 0.5) is 0 Å². The molecule has 1 aromatic carbocycles. The molecule has 1 aromatic heterocycles. The largest absolute Gasteiger partial charge is 0.492 e. The molecular formula is C20H27ClN2O2S.